The fourth-order valence-electron chi connectivity index (χ4n) is 4.86. The Morgan fingerprint density at radius 3 is 2.71 bits per heavy atom. The van der Waals surface area contributed by atoms with Crippen LogP contribution in [0.15, 0.2) is 30.5 Å². The van der Waals surface area contributed by atoms with E-state index < -0.39 is 0 Å². The highest BCUT2D eigenvalue weighted by molar-refractivity contribution is 6.42. The maximum Gasteiger partial charge on any atom is 0.255 e. The van der Waals surface area contributed by atoms with E-state index in [0.29, 0.717) is 27.6 Å². The first-order valence-corrected chi connectivity index (χ1v) is 13.1. The van der Waals surface area contributed by atoms with Crippen molar-refractivity contribution in [1.82, 2.24) is 20.6 Å². The van der Waals surface area contributed by atoms with E-state index in [1.54, 1.807) is 18.3 Å². The highest BCUT2D eigenvalue weighted by Crippen LogP contribution is 2.43. The molecule has 3 aromatic rings. The van der Waals surface area contributed by atoms with Crippen LogP contribution in [0.4, 0.5) is 5.69 Å². The average Bonchev–Trinajstić information content (AvgIpc) is 3.68. The van der Waals surface area contributed by atoms with Gasteiger partial charge in [-0.1, -0.05) is 29.3 Å². The quantitative estimate of drug-likeness (QED) is 0.452. The molecule has 8 heteroatoms. The van der Waals surface area contributed by atoms with Gasteiger partial charge in [-0.3, -0.25) is 14.8 Å². The van der Waals surface area contributed by atoms with E-state index in [2.05, 4.69) is 28.5 Å². The Kier molecular flexibility index (Phi) is 6.88. The molecule has 1 aliphatic carbocycles. The molecule has 1 aromatic carbocycles. The highest BCUT2D eigenvalue weighted by atomic mass is 35.5. The minimum Gasteiger partial charge on any atom is -0.369 e. The number of rotatable bonds is 5. The predicted octanol–water partition coefficient (Wildman–Crippen LogP) is 5.80. The monoisotopic (exact) mass is 511 g/mol. The van der Waals surface area contributed by atoms with Crippen LogP contribution >= 0.6 is 23.2 Å². The van der Waals surface area contributed by atoms with Crippen molar-refractivity contribution in [1.29, 1.82) is 0 Å². The summed E-state index contributed by atoms with van der Waals surface area (Å²) < 4.78 is 0. The number of nitrogens with one attached hydrogen (secondary N) is 2. The number of nitrogens with zero attached hydrogens (tertiary/aromatic N) is 3. The van der Waals surface area contributed by atoms with E-state index in [0.717, 1.165) is 72.4 Å². The van der Waals surface area contributed by atoms with Crippen LogP contribution in [0.25, 0.3) is 10.9 Å². The van der Waals surface area contributed by atoms with Crippen molar-refractivity contribution in [3.63, 3.8) is 0 Å². The predicted molar refractivity (Wildman–Crippen MR) is 143 cm³/mol. The van der Waals surface area contributed by atoms with Crippen molar-refractivity contribution in [2.45, 2.75) is 58.0 Å². The van der Waals surface area contributed by atoms with Crippen molar-refractivity contribution >= 4 is 45.7 Å². The van der Waals surface area contributed by atoms with Crippen molar-refractivity contribution < 1.29 is 4.79 Å². The molecule has 2 N–H and O–H groups in total. The number of carbonyl (C=O) groups excluding carboxylic acids is 1. The Balaban J connectivity index is 1.57. The summed E-state index contributed by atoms with van der Waals surface area (Å²) in [5, 5.41) is 8.70. The standard InChI is InChI=1S/C27H31Cl2N5O/c1-15-8-10-34(11-9-30-15)26-20-12-16(2)32-24(18-4-5-18)25(20)31-14-21(26)27(35)33-17(3)19-6-7-22(28)23(29)13-19/h6-7,12-15,17-18,30H,4-5,8-11H2,1-3H3,(H,33,35)/t15-,17-/m0/s1. The maximum absolute atomic E-state index is 13.7. The molecule has 3 heterocycles. The van der Waals surface area contributed by atoms with Crippen molar-refractivity contribution in [3.8, 4) is 0 Å². The summed E-state index contributed by atoms with van der Waals surface area (Å²) in [5.41, 5.74) is 5.40. The number of benzene rings is 1. The van der Waals surface area contributed by atoms with Crippen LogP contribution < -0.4 is 15.5 Å². The zero-order valence-corrected chi connectivity index (χ0v) is 21.9. The van der Waals surface area contributed by atoms with Crippen molar-refractivity contribution in [3.05, 3.63) is 63.0 Å². The molecule has 0 spiro atoms. The lowest BCUT2D eigenvalue weighted by molar-refractivity contribution is 0.0940. The molecule has 2 aromatic heterocycles. The first kappa shape index (κ1) is 24.3. The normalized spacial score (nSPS) is 19.5. The van der Waals surface area contributed by atoms with Crippen molar-refractivity contribution in [2.75, 3.05) is 24.5 Å². The lowest BCUT2D eigenvalue weighted by Crippen LogP contribution is -2.33. The van der Waals surface area contributed by atoms with Gasteiger partial charge in [0.05, 0.1) is 38.5 Å². The summed E-state index contributed by atoms with van der Waals surface area (Å²) >= 11 is 12.3. The van der Waals surface area contributed by atoms with Crippen LogP contribution in [0.1, 0.15) is 72.4 Å². The SMILES string of the molecule is Cc1cc2c(N3CCN[C@@H](C)CC3)c(C(=O)N[C@@H](C)c3ccc(Cl)c(Cl)c3)cnc2c(C2CC2)n1. The Morgan fingerprint density at radius 2 is 1.97 bits per heavy atom. The number of hydrogen-bond acceptors (Lipinski definition) is 5. The molecule has 1 amide bonds. The minimum atomic E-state index is -0.243. The molecular formula is C27H31Cl2N5O. The zero-order valence-electron chi connectivity index (χ0n) is 20.4. The van der Waals surface area contributed by atoms with E-state index in [-0.39, 0.29) is 11.9 Å². The van der Waals surface area contributed by atoms with Crippen LogP contribution in [0.3, 0.4) is 0 Å². The lowest BCUT2D eigenvalue weighted by atomic mass is 10.0. The molecular weight excluding hydrogens is 481 g/mol. The number of pyridine rings is 2. The number of anilines is 1. The fourth-order valence-corrected chi connectivity index (χ4v) is 5.17. The Hall–Kier alpha value is -2.41. The molecule has 2 atom stereocenters. The molecule has 5 rings (SSSR count). The van der Waals surface area contributed by atoms with E-state index >= 15 is 0 Å². The molecule has 1 saturated carbocycles. The molecule has 35 heavy (non-hydrogen) atoms. The molecule has 0 radical (unpaired) electrons. The zero-order chi connectivity index (χ0) is 24.7. The molecule has 1 aliphatic heterocycles. The van der Waals surface area contributed by atoms with Gasteiger partial charge in [-0.05, 0) is 63.8 Å². The molecule has 6 nitrogen and oxygen atoms in total. The smallest absolute Gasteiger partial charge is 0.255 e. The third-order valence-corrected chi connectivity index (χ3v) is 7.74. The number of hydrogen-bond donors (Lipinski definition) is 2. The van der Waals surface area contributed by atoms with Crippen LogP contribution in [-0.2, 0) is 0 Å². The highest BCUT2D eigenvalue weighted by Gasteiger charge is 2.30. The van der Waals surface area contributed by atoms with Gasteiger partial charge in [-0.2, -0.15) is 0 Å². The first-order chi connectivity index (χ1) is 16.8. The van der Waals surface area contributed by atoms with Gasteiger partial charge in [0.15, 0.2) is 0 Å². The fraction of sp³-hybridized carbons (Fsp3) is 0.444. The van der Waals surface area contributed by atoms with Gasteiger partial charge in [-0.15, -0.1) is 0 Å². The molecule has 2 aliphatic rings. The molecule has 0 unspecified atom stereocenters. The largest absolute Gasteiger partial charge is 0.369 e. The van der Waals surface area contributed by atoms with E-state index in [1.807, 2.05) is 19.9 Å². The molecule has 1 saturated heterocycles. The van der Waals surface area contributed by atoms with Gasteiger partial charge in [0.25, 0.3) is 5.91 Å². The van der Waals surface area contributed by atoms with E-state index in [1.165, 1.54) is 0 Å². The number of amides is 1. The summed E-state index contributed by atoms with van der Waals surface area (Å²) in [6.07, 6.45) is 5.04. The second kappa shape index (κ2) is 9.92. The Labute approximate surface area is 216 Å². The summed E-state index contributed by atoms with van der Waals surface area (Å²) in [6, 6.07) is 7.72. The van der Waals surface area contributed by atoms with Gasteiger partial charge >= 0.3 is 0 Å². The average molecular weight is 512 g/mol. The van der Waals surface area contributed by atoms with Crippen LogP contribution in [-0.4, -0.2) is 41.6 Å². The van der Waals surface area contributed by atoms with E-state index in [9.17, 15) is 4.79 Å². The summed E-state index contributed by atoms with van der Waals surface area (Å²) in [4.78, 5) is 25.7. The van der Waals surface area contributed by atoms with Gasteiger partial charge in [-0.25, -0.2) is 0 Å². The molecule has 0 bridgehead atoms. The number of aromatic nitrogens is 2. The van der Waals surface area contributed by atoms with E-state index in [4.69, 9.17) is 33.2 Å². The lowest BCUT2D eigenvalue weighted by Gasteiger charge is -2.27. The Bertz CT molecular complexity index is 1280. The van der Waals surface area contributed by atoms with Crippen LogP contribution in [0.2, 0.25) is 10.0 Å². The van der Waals surface area contributed by atoms with Crippen LogP contribution in [0, 0.1) is 6.92 Å². The third-order valence-electron chi connectivity index (χ3n) is 7.00. The summed E-state index contributed by atoms with van der Waals surface area (Å²) in [6.45, 7) is 8.75. The van der Waals surface area contributed by atoms with Gasteiger partial charge in [0, 0.05) is 48.9 Å². The second-order valence-electron chi connectivity index (χ2n) is 9.84. The summed E-state index contributed by atoms with van der Waals surface area (Å²) in [7, 11) is 0. The van der Waals surface area contributed by atoms with Gasteiger partial charge in [0.2, 0.25) is 0 Å². The first-order valence-electron chi connectivity index (χ1n) is 12.4. The third kappa shape index (κ3) is 5.11. The number of carbonyl (C=O) groups is 1. The van der Waals surface area contributed by atoms with Gasteiger partial charge < -0.3 is 15.5 Å². The molecule has 2 fully saturated rings. The van der Waals surface area contributed by atoms with Gasteiger partial charge in [0.1, 0.15) is 0 Å². The summed E-state index contributed by atoms with van der Waals surface area (Å²) in [5.74, 6) is 0.318. The number of halogens is 2. The molecule has 184 valence electrons. The van der Waals surface area contributed by atoms with Crippen LogP contribution in [0.5, 0.6) is 0 Å². The minimum absolute atomic E-state index is 0.152. The Morgan fingerprint density at radius 1 is 1.17 bits per heavy atom. The maximum atomic E-state index is 13.7. The van der Waals surface area contributed by atoms with Crippen molar-refractivity contribution in [2.24, 2.45) is 0 Å². The second-order valence-corrected chi connectivity index (χ2v) is 10.7. The number of aryl methyl sites for hydroxylation is 1. The topological polar surface area (TPSA) is 70.2 Å². The number of fused-ring (bicyclic) bond motifs is 1.